The Labute approximate surface area is 127 Å². The first-order chi connectivity index (χ1) is 9.85. The zero-order valence-corrected chi connectivity index (χ0v) is 13.6. The van der Waals surface area contributed by atoms with E-state index >= 15 is 0 Å². The Hall–Kier alpha value is -0.380. The van der Waals surface area contributed by atoms with Crippen LogP contribution in [-0.2, 0) is 13.0 Å². The lowest BCUT2D eigenvalue weighted by molar-refractivity contribution is 0.142. The van der Waals surface area contributed by atoms with Crippen LogP contribution in [0.2, 0.25) is 0 Å². The summed E-state index contributed by atoms with van der Waals surface area (Å²) in [5.74, 6) is 0.932. The third-order valence-corrected chi connectivity index (χ3v) is 6.17. The second-order valence-electron chi connectivity index (χ2n) is 6.42. The van der Waals surface area contributed by atoms with Gasteiger partial charge in [0, 0.05) is 42.0 Å². The van der Waals surface area contributed by atoms with Gasteiger partial charge >= 0.3 is 0 Å². The molecule has 1 atom stereocenters. The SMILES string of the molecule is CCc1ccc(CN2CCNC(C3CCCCC3)C2)s1. The van der Waals surface area contributed by atoms with E-state index in [1.807, 2.05) is 11.3 Å². The second kappa shape index (κ2) is 7.06. The standard InChI is InChI=1S/C17H28N2S/c1-2-15-8-9-16(20-15)12-19-11-10-18-17(13-19)14-6-4-3-5-7-14/h8-9,14,17-18H,2-7,10-13H2,1H3. The summed E-state index contributed by atoms with van der Waals surface area (Å²) in [5.41, 5.74) is 0. The van der Waals surface area contributed by atoms with E-state index in [9.17, 15) is 0 Å². The van der Waals surface area contributed by atoms with Crippen molar-refractivity contribution < 1.29 is 0 Å². The average Bonchev–Trinajstić information content (AvgIpc) is 2.96. The van der Waals surface area contributed by atoms with Crippen LogP contribution in [0.25, 0.3) is 0 Å². The number of piperazine rings is 1. The molecule has 0 aromatic carbocycles. The maximum absolute atomic E-state index is 3.78. The van der Waals surface area contributed by atoms with E-state index in [1.165, 1.54) is 63.0 Å². The molecule has 3 rings (SSSR count). The fourth-order valence-corrected chi connectivity index (χ4v) is 4.76. The van der Waals surface area contributed by atoms with Crippen molar-refractivity contribution in [1.82, 2.24) is 10.2 Å². The highest BCUT2D eigenvalue weighted by molar-refractivity contribution is 7.11. The van der Waals surface area contributed by atoms with E-state index in [-0.39, 0.29) is 0 Å². The minimum atomic E-state index is 0.745. The van der Waals surface area contributed by atoms with Crippen LogP contribution >= 0.6 is 11.3 Å². The van der Waals surface area contributed by atoms with Gasteiger partial charge in [0.05, 0.1) is 0 Å². The molecule has 2 aliphatic rings. The lowest BCUT2D eigenvalue weighted by atomic mass is 9.83. The second-order valence-corrected chi connectivity index (χ2v) is 7.67. The van der Waals surface area contributed by atoms with Crippen molar-refractivity contribution in [3.63, 3.8) is 0 Å². The van der Waals surface area contributed by atoms with E-state index in [4.69, 9.17) is 0 Å². The third-order valence-electron chi connectivity index (χ3n) is 4.95. The molecule has 1 saturated heterocycles. The van der Waals surface area contributed by atoms with Crippen molar-refractivity contribution in [3.8, 4) is 0 Å². The van der Waals surface area contributed by atoms with Gasteiger partial charge in [0.15, 0.2) is 0 Å². The number of nitrogens with one attached hydrogen (secondary N) is 1. The molecule has 0 amide bonds. The van der Waals surface area contributed by atoms with E-state index in [1.54, 1.807) is 4.88 Å². The molecule has 0 radical (unpaired) electrons. The summed E-state index contributed by atoms with van der Waals surface area (Å²) in [5, 5.41) is 3.78. The molecule has 20 heavy (non-hydrogen) atoms. The van der Waals surface area contributed by atoms with Crippen LogP contribution in [0, 0.1) is 5.92 Å². The summed E-state index contributed by atoms with van der Waals surface area (Å²) in [6.07, 6.45) is 8.44. The van der Waals surface area contributed by atoms with E-state index in [0.29, 0.717) is 0 Å². The van der Waals surface area contributed by atoms with Crippen LogP contribution in [0.5, 0.6) is 0 Å². The van der Waals surface area contributed by atoms with Crippen LogP contribution in [-0.4, -0.2) is 30.6 Å². The largest absolute Gasteiger partial charge is 0.311 e. The molecule has 1 saturated carbocycles. The van der Waals surface area contributed by atoms with Crippen molar-refractivity contribution in [2.75, 3.05) is 19.6 Å². The van der Waals surface area contributed by atoms with Gasteiger partial charge in [-0.2, -0.15) is 0 Å². The lowest BCUT2D eigenvalue weighted by Crippen LogP contribution is -2.53. The lowest BCUT2D eigenvalue weighted by Gasteiger charge is -2.39. The summed E-state index contributed by atoms with van der Waals surface area (Å²) in [7, 11) is 0. The number of rotatable bonds is 4. The van der Waals surface area contributed by atoms with Crippen molar-refractivity contribution in [1.29, 1.82) is 0 Å². The summed E-state index contributed by atoms with van der Waals surface area (Å²) in [4.78, 5) is 5.74. The molecule has 3 heteroatoms. The van der Waals surface area contributed by atoms with Crippen molar-refractivity contribution in [2.24, 2.45) is 5.92 Å². The fraction of sp³-hybridized carbons (Fsp3) is 0.765. The normalized spacial score (nSPS) is 25.9. The third kappa shape index (κ3) is 3.63. The van der Waals surface area contributed by atoms with E-state index in [0.717, 1.165) is 18.5 Å². The molecule has 1 aromatic rings. The molecule has 1 aliphatic heterocycles. The Kier molecular flexibility index (Phi) is 5.14. The molecule has 2 fully saturated rings. The molecule has 0 bridgehead atoms. The smallest absolute Gasteiger partial charge is 0.0329 e. The summed E-state index contributed by atoms with van der Waals surface area (Å²) in [6.45, 7) is 7.05. The maximum atomic E-state index is 3.78. The Morgan fingerprint density at radius 2 is 2.00 bits per heavy atom. The highest BCUT2D eigenvalue weighted by Crippen LogP contribution is 2.28. The van der Waals surface area contributed by atoms with Gasteiger partial charge in [0.25, 0.3) is 0 Å². The summed E-state index contributed by atoms with van der Waals surface area (Å²) < 4.78 is 0. The zero-order chi connectivity index (χ0) is 13.8. The van der Waals surface area contributed by atoms with Crippen LogP contribution in [0.1, 0.15) is 48.8 Å². The topological polar surface area (TPSA) is 15.3 Å². The van der Waals surface area contributed by atoms with Crippen LogP contribution in [0.4, 0.5) is 0 Å². The predicted octanol–water partition coefficient (Wildman–Crippen LogP) is 3.66. The highest BCUT2D eigenvalue weighted by atomic mass is 32.1. The average molecular weight is 292 g/mol. The monoisotopic (exact) mass is 292 g/mol. The summed E-state index contributed by atoms with van der Waals surface area (Å²) >= 11 is 2.00. The van der Waals surface area contributed by atoms with Crippen LogP contribution in [0.15, 0.2) is 12.1 Å². The molecule has 1 unspecified atom stereocenters. The van der Waals surface area contributed by atoms with Gasteiger partial charge in [-0.15, -0.1) is 11.3 Å². The number of nitrogens with zero attached hydrogens (tertiary/aromatic N) is 1. The van der Waals surface area contributed by atoms with Gasteiger partial charge in [-0.3, -0.25) is 4.90 Å². The Bertz CT molecular complexity index is 409. The number of aryl methyl sites for hydroxylation is 1. The van der Waals surface area contributed by atoms with Crippen LogP contribution in [0.3, 0.4) is 0 Å². The van der Waals surface area contributed by atoms with Gasteiger partial charge in [-0.1, -0.05) is 26.2 Å². The van der Waals surface area contributed by atoms with Crippen molar-refractivity contribution >= 4 is 11.3 Å². The molecule has 0 spiro atoms. The minimum absolute atomic E-state index is 0.745. The number of thiophene rings is 1. The first kappa shape index (κ1) is 14.6. The van der Waals surface area contributed by atoms with Gasteiger partial charge in [0.2, 0.25) is 0 Å². The highest BCUT2D eigenvalue weighted by Gasteiger charge is 2.27. The molecule has 2 nitrogen and oxygen atoms in total. The molecule has 112 valence electrons. The summed E-state index contributed by atoms with van der Waals surface area (Å²) in [6, 6.07) is 5.39. The van der Waals surface area contributed by atoms with Gasteiger partial charge in [0.1, 0.15) is 0 Å². The fourth-order valence-electron chi connectivity index (χ4n) is 3.76. The van der Waals surface area contributed by atoms with Gasteiger partial charge < -0.3 is 5.32 Å². The van der Waals surface area contributed by atoms with Gasteiger partial charge in [-0.25, -0.2) is 0 Å². The molecule has 2 heterocycles. The number of hydrogen-bond acceptors (Lipinski definition) is 3. The predicted molar refractivity (Wildman–Crippen MR) is 87.3 cm³/mol. The van der Waals surface area contributed by atoms with E-state index in [2.05, 4.69) is 29.3 Å². The molecule has 1 aliphatic carbocycles. The molecular formula is C17H28N2S. The Morgan fingerprint density at radius 1 is 1.20 bits per heavy atom. The zero-order valence-electron chi connectivity index (χ0n) is 12.7. The first-order valence-electron chi connectivity index (χ1n) is 8.38. The van der Waals surface area contributed by atoms with Crippen LogP contribution < -0.4 is 5.32 Å². The maximum Gasteiger partial charge on any atom is 0.0329 e. The Balaban J connectivity index is 1.54. The first-order valence-corrected chi connectivity index (χ1v) is 9.20. The molecule has 1 aromatic heterocycles. The van der Waals surface area contributed by atoms with Crippen molar-refractivity contribution in [3.05, 3.63) is 21.9 Å². The van der Waals surface area contributed by atoms with Gasteiger partial charge in [-0.05, 0) is 37.3 Å². The number of hydrogen-bond donors (Lipinski definition) is 1. The van der Waals surface area contributed by atoms with Crippen molar-refractivity contribution in [2.45, 2.75) is 58.0 Å². The minimum Gasteiger partial charge on any atom is -0.311 e. The molecular weight excluding hydrogens is 264 g/mol. The van der Waals surface area contributed by atoms with E-state index < -0.39 is 0 Å². The quantitative estimate of drug-likeness (QED) is 0.911. The molecule has 1 N–H and O–H groups in total. The Morgan fingerprint density at radius 3 is 2.75 bits per heavy atom.